The molecule has 0 saturated heterocycles. The monoisotopic (exact) mass is 333 g/mol. The number of carbonyl (C=O) groups is 1. The molecule has 0 bridgehead atoms. The van der Waals surface area contributed by atoms with Crippen molar-refractivity contribution in [3.8, 4) is 11.5 Å². The van der Waals surface area contributed by atoms with Gasteiger partial charge in [-0.1, -0.05) is 6.07 Å². The third-order valence-corrected chi connectivity index (χ3v) is 4.22. The number of nitrogens with zero attached hydrogens (tertiary/aromatic N) is 1. The van der Waals surface area contributed by atoms with E-state index < -0.39 is 0 Å². The molecule has 122 valence electrons. The summed E-state index contributed by atoms with van der Waals surface area (Å²) in [5.41, 5.74) is 1.99. The maximum atomic E-state index is 11.8. The van der Waals surface area contributed by atoms with Gasteiger partial charge in [0.05, 0.1) is 10.7 Å². The summed E-state index contributed by atoms with van der Waals surface area (Å²) in [5.74, 6) is 1.48. The Hall–Kier alpha value is -2.28. The molecule has 1 aliphatic rings. The van der Waals surface area contributed by atoms with Crippen LogP contribution in [0.3, 0.4) is 0 Å². The summed E-state index contributed by atoms with van der Waals surface area (Å²) in [7, 11) is 0. The van der Waals surface area contributed by atoms with Crippen molar-refractivity contribution in [1.82, 2.24) is 15.6 Å². The minimum absolute atomic E-state index is 0.188. The standard InChI is InChI=1S/C16H19N3O3S/c1-11-19-13(10-23-11)4-5-17-16(20)18-9-12-2-3-14-15(8-12)22-7-6-21-14/h2-3,8,10H,4-7,9H2,1H3,(H2,17,18,20). The Bertz CT molecular complexity index is 687. The molecule has 1 aliphatic heterocycles. The number of benzene rings is 1. The van der Waals surface area contributed by atoms with E-state index in [0.717, 1.165) is 34.2 Å². The Labute approximate surface area is 138 Å². The summed E-state index contributed by atoms with van der Waals surface area (Å²) in [5, 5.41) is 8.73. The van der Waals surface area contributed by atoms with Crippen LogP contribution in [-0.4, -0.2) is 30.8 Å². The first kappa shape index (κ1) is 15.6. The van der Waals surface area contributed by atoms with Crippen LogP contribution in [-0.2, 0) is 13.0 Å². The second-order valence-corrected chi connectivity index (χ2v) is 6.26. The Morgan fingerprint density at radius 2 is 2.09 bits per heavy atom. The third kappa shape index (κ3) is 4.35. The minimum Gasteiger partial charge on any atom is -0.486 e. The van der Waals surface area contributed by atoms with Crippen LogP contribution >= 0.6 is 11.3 Å². The van der Waals surface area contributed by atoms with E-state index in [2.05, 4.69) is 15.6 Å². The van der Waals surface area contributed by atoms with Crippen LogP contribution in [0.2, 0.25) is 0 Å². The van der Waals surface area contributed by atoms with Gasteiger partial charge in [0, 0.05) is 24.9 Å². The van der Waals surface area contributed by atoms with Crippen LogP contribution in [0.1, 0.15) is 16.3 Å². The maximum Gasteiger partial charge on any atom is 0.315 e. The first-order chi connectivity index (χ1) is 11.2. The number of aromatic nitrogens is 1. The number of amides is 2. The average Bonchev–Trinajstić information content (AvgIpc) is 2.98. The SMILES string of the molecule is Cc1nc(CCNC(=O)NCc2ccc3c(c2)OCCO3)cs1. The zero-order valence-electron chi connectivity index (χ0n) is 12.9. The van der Waals surface area contributed by atoms with Crippen LogP contribution in [0.15, 0.2) is 23.6 Å². The van der Waals surface area contributed by atoms with Gasteiger partial charge in [0.15, 0.2) is 11.5 Å². The quantitative estimate of drug-likeness (QED) is 0.880. The maximum absolute atomic E-state index is 11.8. The van der Waals surface area contributed by atoms with Crippen LogP contribution in [0.25, 0.3) is 0 Å². The number of thiazole rings is 1. The van der Waals surface area contributed by atoms with E-state index in [-0.39, 0.29) is 6.03 Å². The van der Waals surface area contributed by atoms with E-state index >= 15 is 0 Å². The van der Waals surface area contributed by atoms with Crippen molar-refractivity contribution in [3.63, 3.8) is 0 Å². The number of ether oxygens (including phenoxy) is 2. The second-order valence-electron chi connectivity index (χ2n) is 5.20. The zero-order chi connectivity index (χ0) is 16.1. The molecule has 1 aromatic heterocycles. The molecule has 7 heteroatoms. The fraction of sp³-hybridized carbons (Fsp3) is 0.375. The van der Waals surface area contributed by atoms with E-state index in [0.29, 0.717) is 26.3 Å². The molecule has 2 aromatic rings. The van der Waals surface area contributed by atoms with Gasteiger partial charge in [0.1, 0.15) is 13.2 Å². The molecule has 0 radical (unpaired) electrons. The molecule has 0 atom stereocenters. The summed E-state index contributed by atoms with van der Waals surface area (Å²) in [4.78, 5) is 16.2. The molecule has 2 N–H and O–H groups in total. The lowest BCUT2D eigenvalue weighted by molar-refractivity contribution is 0.171. The summed E-state index contributed by atoms with van der Waals surface area (Å²) in [6, 6.07) is 5.50. The van der Waals surface area contributed by atoms with E-state index in [1.807, 2.05) is 30.5 Å². The van der Waals surface area contributed by atoms with Crippen LogP contribution in [0.5, 0.6) is 11.5 Å². The highest BCUT2D eigenvalue weighted by atomic mass is 32.1. The third-order valence-electron chi connectivity index (χ3n) is 3.39. The number of hydrogen-bond acceptors (Lipinski definition) is 5. The smallest absolute Gasteiger partial charge is 0.315 e. The van der Waals surface area contributed by atoms with Crippen LogP contribution in [0.4, 0.5) is 4.79 Å². The highest BCUT2D eigenvalue weighted by Crippen LogP contribution is 2.30. The Morgan fingerprint density at radius 1 is 1.26 bits per heavy atom. The number of aryl methyl sites for hydroxylation is 1. The lowest BCUT2D eigenvalue weighted by atomic mass is 10.2. The van der Waals surface area contributed by atoms with E-state index in [4.69, 9.17) is 9.47 Å². The number of fused-ring (bicyclic) bond motifs is 1. The van der Waals surface area contributed by atoms with Crippen molar-refractivity contribution in [2.45, 2.75) is 19.9 Å². The minimum atomic E-state index is -0.188. The molecule has 0 fully saturated rings. The molecule has 0 aliphatic carbocycles. The Balaban J connectivity index is 1.42. The van der Waals surface area contributed by atoms with Crippen molar-refractivity contribution < 1.29 is 14.3 Å². The van der Waals surface area contributed by atoms with Gasteiger partial charge in [-0.15, -0.1) is 11.3 Å². The average molecular weight is 333 g/mol. The first-order valence-electron chi connectivity index (χ1n) is 7.52. The highest BCUT2D eigenvalue weighted by Gasteiger charge is 2.11. The van der Waals surface area contributed by atoms with E-state index in [1.54, 1.807) is 11.3 Å². The van der Waals surface area contributed by atoms with Gasteiger partial charge in [-0.3, -0.25) is 0 Å². The van der Waals surface area contributed by atoms with Crippen LogP contribution < -0.4 is 20.1 Å². The van der Waals surface area contributed by atoms with Crippen molar-refractivity contribution in [2.24, 2.45) is 0 Å². The van der Waals surface area contributed by atoms with Gasteiger partial charge in [0.25, 0.3) is 0 Å². The second kappa shape index (κ2) is 7.32. The van der Waals surface area contributed by atoms with Gasteiger partial charge >= 0.3 is 6.03 Å². The number of hydrogen-bond donors (Lipinski definition) is 2. The summed E-state index contributed by atoms with van der Waals surface area (Å²) >= 11 is 1.62. The number of rotatable bonds is 5. The predicted molar refractivity (Wildman–Crippen MR) is 88.2 cm³/mol. The van der Waals surface area contributed by atoms with E-state index in [9.17, 15) is 4.79 Å². The first-order valence-corrected chi connectivity index (χ1v) is 8.40. The molecule has 0 unspecified atom stereocenters. The zero-order valence-corrected chi connectivity index (χ0v) is 13.7. The fourth-order valence-corrected chi connectivity index (χ4v) is 2.92. The normalized spacial score (nSPS) is 12.7. The summed E-state index contributed by atoms with van der Waals surface area (Å²) < 4.78 is 11.0. The molecule has 6 nitrogen and oxygen atoms in total. The molecular weight excluding hydrogens is 314 g/mol. The van der Waals surface area contributed by atoms with Gasteiger partial charge in [-0.25, -0.2) is 9.78 Å². The molecule has 23 heavy (non-hydrogen) atoms. The van der Waals surface area contributed by atoms with Crippen molar-refractivity contribution in [1.29, 1.82) is 0 Å². The van der Waals surface area contributed by atoms with Crippen molar-refractivity contribution in [2.75, 3.05) is 19.8 Å². The Kier molecular flexibility index (Phi) is 4.97. The highest BCUT2D eigenvalue weighted by molar-refractivity contribution is 7.09. The fourth-order valence-electron chi connectivity index (χ4n) is 2.27. The molecule has 0 saturated carbocycles. The van der Waals surface area contributed by atoms with Gasteiger partial charge in [-0.2, -0.15) is 0 Å². The van der Waals surface area contributed by atoms with Gasteiger partial charge in [0.2, 0.25) is 0 Å². The molecule has 0 spiro atoms. The lowest BCUT2D eigenvalue weighted by Gasteiger charge is -2.19. The van der Waals surface area contributed by atoms with Gasteiger partial charge < -0.3 is 20.1 Å². The number of urea groups is 1. The van der Waals surface area contributed by atoms with E-state index in [1.165, 1.54) is 0 Å². The molecular formula is C16H19N3O3S. The summed E-state index contributed by atoms with van der Waals surface area (Å²) in [6.45, 7) is 4.11. The summed E-state index contributed by atoms with van der Waals surface area (Å²) in [6.07, 6.45) is 0.738. The molecule has 2 heterocycles. The Morgan fingerprint density at radius 3 is 2.87 bits per heavy atom. The van der Waals surface area contributed by atoms with Crippen LogP contribution in [0, 0.1) is 6.92 Å². The van der Waals surface area contributed by atoms with Gasteiger partial charge in [-0.05, 0) is 24.6 Å². The topological polar surface area (TPSA) is 72.5 Å². The largest absolute Gasteiger partial charge is 0.486 e. The molecule has 1 aromatic carbocycles. The van der Waals surface area contributed by atoms with Crippen molar-refractivity contribution >= 4 is 17.4 Å². The molecule has 3 rings (SSSR count). The van der Waals surface area contributed by atoms with Crippen molar-refractivity contribution in [3.05, 3.63) is 39.8 Å². The lowest BCUT2D eigenvalue weighted by Crippen LogP contribution is -2.36. The number of carbonyl (C=O) groups excluding carboxylic acids is 1. The predicted octanol–water partition coefficient (Wildman–Crippen LogP) is 2.26. The molecule has 2 amide bonds. The number of nitrogens with one attached hydrogen (secondary N) is 2.